The quantitative estimate of drug-likeness (QED) is 0.565. The van der Waals surface area contributed by atoms with Gasteiger partial charge in [0, 0.05) is 22.9 Å². The number of rotatable bonds is 4. The van der Waals surface area contributed by atoms with Crippen molar-refractivity contribution in [1.82, 2.24) is 0 Å². The molecule has 0 aromatic heterocycles. The van der Waals surface area contributed by atoms with Gasteiger partial charge in [-0.1, -0.05) is 32.0 Å². The summed E-state index contributed by atoms with van der Waals surface area (Å²) in [6.07, 6.45) is 3.88. The SMILES string of the molecule is CC1(C)COc2c(N3C=CC(=O)CC3=O)cc(-c3ccc4cc(NS(C)(=O)=O)ccc4c3)cc21. The fourth-order valence-corrected chi connectivity index (χ4v) is 4.95. The van der Waals surface area contributed by atoms with Crippen LogP contribution in [0.15, 0.2) is 60.8 Å². The zero-order chi connectivity index (χ0) is 24.3. The van der Waals surface area contributed by atoms with Crippen LogP contribution in [0.4, 0.5) is 11.4 Å². The molecule has 0 fully saturated rings. The number of nitrogens with one attached hydrogen (secondary N) is 1. The summed E-state index contributed by atoms with van der Waals surface area (Å²) in [7, 11) is -3.36. The molecule has 0 spiro atoms. The number of anilines is 2. The molecule has 3 aromatic carbocycles. The Hall–Kier alpha value is -3.65. The van der Waals surface area contributed by atoms with Gasteiger partial charge < -0.3 is 4.74 Å². The van der Waals surface area contributed by atoms with Gasteiger partial charge >= 0.3 is 0 Å². The molecule has 7 nitrogen and oxygen atoms in total. The van der Waals surface area contributed by atoms with Gasteiger partial charge in [-0.3, -0.25) is 19.2 Å². The molecule has 34 heavy (non-hydrogen) atoms. The number of benzene rings is 3. The Morgan fingerprint density at radius 3 is 2.44 bits per heavy atom. The molecule has 0 radical (unpaired) electrons. The summed E-state index contributed by atoms with van der Waals surface area (Å²) in [5, 5.41) is 1.85. The first-order chi connectivity index (χ1) is 16.0. The second-order valence-corrected chi connectivity index (χ2v) is 11.2. The van der Waals surface area contributed by atoms with Gasteiger partial charge in [0.1, 0.15) is 5.75 Å². The molecule has 5 rings (SSSR count). The van der Waals surface area contributed by atoms with E-state index in [0.29, 0.717) is 23.7 Å². The topological polar surface area (TPSA) is 92.8 Å². The number of hydrogen-bond donors (Lipinski definition) is 1. The average Bonchev–Trinajstić information content (AvgIpc) is 3.06. The highest BCUT2D eigenvalue weighted by Crippen LogP contribution is 2.47. The lowest BCUT2D eigenvalue weighted by molar-refractivity contribution is -0.124. The Labute approximate surface area is 198 Å². The highest BCUT2D eigenvalue weighted by Gasteiger charge is 2.36. The minimum atomic E-state index is -3.36. The van der Waals surface area contributed by atoms with E-state index in [-0.39, 0.29) is 23.5 Å². The zero-order valence-corrected chi connectivity index (χ0v) is 19.9. The summed E-state index contributed by atoms with van der Waals surface area (Å²) in [5.41, 5.74) is 3.77. The van der Waals surface area contributed by atoms with Gasteiger partial charge in [0.25, 0.3) is 0 Å². The van der Waals surface area contributed by atoms with Crippen molar-refractivity contribution in [2.24, 2.45) is 0 Å². The highest BCUT2D eigenvalue weighted by atomic mass is 32.2. The van der Waals surface area contributed by atoms with Gasteiger partial charge in [-0.25, -0.2) is 8.42 Å². The number of ether oxygens (including phenoxy) is 1. The van der Waals surface area contributed by atoms with E-state index in [1.165, 1.54) is 17.2 Å². The number of amides is 1. The Morgan fingerprint density at radius 2 is 1.71 bits per heavy atom. The summed E-state index contributed by atoms with van der Waals surface area (Å²) in [6.45, 7) is 4.69. The summed E-state index contributed by atoms with van der Waals surface area (Å²) in [5.74, 6) is 0.164. The maximum atomic E-state index is 12.7. The molecule has 1 amide bonds. The second-order valence-electron chi connectivity index (χ2n) is 9.42. The van der Waals surface area contributed by atoms with Crippen molar-refractivity contribution in [3.8, 4) is 16.9 Å². The van der Waals surface area contributed by atoms with Gasteiger partial charge in [0.05, 0.1) is 25.0 Å². The van der Waals surface area contributed by atoms with Crippen LogP contribution in [-0.2, 0) is 25.0 Å². The van der Waals surface area contributed by atoms with Crippen molar-refractivity contribution in [2.45, 2.75) is 25.7 Å². The summed E-state index contributed by atoms with van der Waals surface area (Å²) < 4.78 is 31.6. The highest BCUT2D eigenvalue weighted by molar-refractivity contribution is 7.92. The molecular formula is C26H24N2O5S. The zero-order valence-electron chi connectivity index (χ0n) is 19.1. The van der Waals surface area contributed by atoms with Gasteiger partial charge in [-0.2, -0.15) is 0 Å². The Kier molecular flexibility index (Phi) is 5.02. The third-order valence-electron chi connectivity index (χ3n) is 6.12. The summed E-state index contributed by atoms with van der Waals surface area (Å²) in [6, 6.07) is 15.3. The number of hydrogen-bond acceptors (Lipinski definition) is 5. The van der Waals surface area contributed by atoms with Crippen molar-refractivity contribution in [2.75, 3.05) is 22.5 Å². The normalized spacial score (nSPS) is 17.1. The predicted octanol–water partition coefficient (Wildman–Crippen LogP) is 4.37. The van der Waals surface area contributed by atoms with Gasteiger partial charge in [0.15, 0.2) is 5.78 Å². The molecule has 0 unspecified atom stereocenters. The summed E-state index contributed by atoms with van der Waals surface area (Å²) >= 11 is 0. The third-order valence-corrected chi connectivity index (χ3v) is 6.72. The monoisotopic (exact) mass is 476 g/mol. The van der Waals surface area contributed by atoms with E-state index in [9.17, 15) is 18.0 Å². The van der Waals surface area contributed by atoms with E-state index in [1.54, 1.807) is 12.1 Å². The number of nitrogens with zero attached hydrogens (tertiary/aromatic N) is 1. The van der Waals surface area contributed by atoms with Crippen LogP contribution in [0.5, 0.6) is 5.75 Å². The first-order valence-corrected chi connectivity index (χ1v) is 12.8. The minimum Gasteiger partial charge on any atom is -0.490 e. The van der Waals surface area contributed by atoms with Crippen molar-refractivity contribution in [3.63, 3.8) is 0 Å². The first-order valence-electron chi connectivity index (χ1n) is 10.9. The van der Waals surface area contributed by atoms with Crippen molar-refractivity contribution < 1.29 is 22.7 Å². The molecular weight excluding hydrogens is 452 g/mol. The smallest absolute Gasteiger partial charge is 0.238 e. The molecule has 0 atom stereocenters. The minimum absolute atomic E-state index is 0.168. The number of ketones is 1. The van der Waals surface area contributed by atoms with E-state index in [4.69, 9.17) is 4.74 Å². The first kappa shape index (κ1) is 22.2. The fraction of sp³-hybridized carbons (Fsp3) is 0.231. The maximum absolute atomic E-state index is 12.7. The van der Waals surface area contributed by atoms with Crippen LogP contribution < -0.4 is 14.4 Å². The average molecular weight is 477 g/mol. The van der Waals surface area contributed by atoms with Gasteiger partial charge in [0.2, 0.25) is 15.9 Å². The molecule has 2 aliphatic rings. The third kappa shape index (κ3) is 4.05. The van der Waals surface area contributed by atoms with Crippen LogP contribution in [0, 0.1) is 0 Å². The van der Waals surface area contributed by atoms with Crippen LogP contribution in [0.1, 0.15) is 25.8 Å². The van der Waals surface area contributed by atoms with Gasteiger partial charge in [-0.15, -0.1) is 0 Å². The van der Waals surface area contributed by atoms with Crippen LogP contribution in [0.3, 0.4) is 0 Å². The Bertz CT molecular complexity index is 1510. The van der Waals surface area contributed by atoms with E-state index in [2.05, 4.69) is 24.6 Å². The van der Waals surface area contributed by atoms with Gasteiger partial charge in [-0.05, 0) is 58.3 Å². The second kappa shape index (κ2) is 7.70. The predicted molar refractivity (Wildman–Crippen MR) is 133 cm³/mol. The molecule has 2 heterocycles. The van der Waals surface area contributed by atoms with E-state index in [1.807, 2.05) is 30.3 Å². The van der Waals surface area contributed by atoms with E-state index < -0.39 is 10.0 Å². The van der Waals surface area contributed by atoms with Crippen molar-refractivity contribution >= 4 is 43.9 Å². The standard InChI is InChI=1S/C26H24N2O5S/c1-26(2)15-33-25-22(26)12-19(13-23(25)28-9-8-21(29)14-24(28)30)17-4-5-18-11-20(27-34(3,31)32)7-6-16(18)10-17/h4-13,27H,14-15H2,1-3H3. The lowest BCUT2D eigenvalue weighted by Crippen LogP contribution is -2.31. The Morgan fingerprint density at radius 1 is 0.971 bits per heavy atom. The molecule has 0 aliphatic carbocycles. The molecule has 0 saturated carbocycles. The number of carbonyl (C=O) groups is 2. The molecule has 2 aliphatic heterocycles. The molecule has 3 aromatic rings. The lowest BCUT2D eigenvalue weighted by atomic mass is 9.84. The van der Waals surface area contributed by atoms with Crippen molar-refractivity contribution in [3.05, 3.63) is 66.4 Å². The molecule has 1 N–H and O–H groups in total. The molecule has 0 bridgehead atoms. The fourth-order valence-electron chi connectivity index (χ4n) is 4.40. The van der Waals surface area contributed by atoms with Crippen LogP contribution in [0.25, 0.3) is 21.9 Å². The van der Waals surface area contributed by atoms with E-state index >= 15 is 0 Å². The molecule has 174 valence electrons. The lowest BCUT2D eigenvalue weighted by Gasteiger charge is -2.24. The number of sulfonamides is 1. The van der Waals surface area contributed by atoms with Crippen LogP contribution in [-0.4, -0.2) is 33.0 Å². The summed E-state index contributed by atoms with van der Waals surface area (Å²) in [4.78, 5) is 25.9. The van der Waals surface area contributed by atoms with Crippen molar-refractivity contribution in [1.29, 1.82) is 0 Å². The van der Waals surface area contributed by atoms with Crippen LogP contribution in [0.2, 0.25) is 0 Å². The van der Waals surface area contributed by atoms with E-state index in [0.717, 1.165) is 33.7 Å². The molecule has 8 heteroatoms. The maximum Gasteiger partial charge on any atom is 0.238 e. The Balaban J connectivity index is 1.62. The van der Waals surface area contributed by atoms with Crippen LogP contribution >= 0.6 is 0 Å². The largest absolute Gasteiger partial charge is 0.490 e. The number of fused-ring (bicyclic) bond motifs is 2. The number of carbonyl (C=O) groups excluding carboxylic acids is 2. The molecule has 0 saturated heterocycles. The number of allylic oxidation sites excluding steroid dienone is 1.